The van der Waals surface area contributed by atoms with E-state index in [0.717, 1.165) is 28.2 Å². The van der Waals surface area contributed by atoms with Crippen LogP contribution in [0.25, 0.3) is 0 Å². The maximum absolute atomic E-state index is 13.5. The maximum atomic E-state index is 13.5. The molecule has 2 aromatic carbocycles. The number of Topliss-reactive ketones (excluding diaryl/α,β-unsaturated/α-hetero) is 1. The zero-order valence-corrected chi connectivity index (χ0v) is 19.8. The molecule has 9 heteroatoms. The van der Waals surface area contributed by atoms with E-state index in [2.05, 4.69) is 35.7 Å². The average Bonchev–Trinajstić information content (AvgIpc) is 3.20. The van der Waals surface area contributed by atoms with Gasteiger partial charge in [0.05, 0.1) is 41.9 Å². The van der Waals surface area contributed by atoms with Crippen molar-refractivity contribution in [3.8, 4) is 5.75 Å². The minimum Gasteiger partial charge on any atom is -0.496 e. The van der Waals surface area contributed by atoms with E-state index in [1.54, 1.807) is 7.11 Å². The Hall–Kier alpha value is -4.14. The summed E-state index contributed by atoms with van der Waals surface area (Å²) in [4.78, 5) is 24.1. The number of carbonyl (C=O) groups is 1. The minimum absolute atomic E-state index is 0.0709. The molecular weight excluding hydrogens is 446 g/mol. The van der Waals surface area contributed by atoms with Gasteiger partial charge in [-0.05, 0) is 35.2 Å². The van der Waals surface area contributed by atoms with Gasteiger partial charge in [0.25, 0.3) is 0 Å². The molecule has 3 aromatic rings. The molecule has 2 unspecified atom stereocenters. The van der Waals surface area contributed by atoms with Crippen molar-refractivity contribution in [1.29, 1.82) is 0 Å². The van der Waals surface area contributed by atoms with Crippen molar-refractivity contribution in [1.82, 2.24) is 9.78 Å². The normalized spacial score (nSPS) is 20.4. The van der Waals surface area contributed by atoms with Gasteiger partial charge in [0.15, 0.2) is 0 Å². The van der Waals surface area contributed by atoms with Gasteiger partial charge in [-0.3, -0.25) is 19.6 Å². The van der Waals surface area contributed by atoms with E-state index in [4.69, 9.17) is 4.74 Å². The number of ketones is 1. The molecule has 0 saturated heterocycles. The highest BCUT2D eigenvalue weighted by molar-refractivity contribution is 5.90. The SMILES string of the molecule is COc1ccc(C2Nc3ccccc3NC3=CC(C)(C)CC(=O)C32)cc1Cn1cc([N+](=O)[O-])cn1. The Morgan fingerprint density at radius 1 is 1.23 bits per heavy atom. The first-order valence-corrected chi connectivity index (χ1v) is 11.5. The molecule has 1 aliphatic carbocycles. The van der Waals surface area contributed by atoms with Crippen LogP contribution in [0, 0.1) is 21.4 Å². The van der Waals surface area contributed by atoms with Crippen molar-refractivity contribution in [3.05, 3.63) is 87.9 Å². The zero-order valence-electron chi connectivity index (χ0n) is 19.8. The van der Waals surface area contributed by atoms with Crippen LogP contribution in [-0.2, 0) is 11.3 Å². The lowest BCUT2D eigenvalue weighted by atomic mass is 9.72. The van der Waals surface area contributed by atoms with Crippen molar-refractivity contribution < 1.29 is 14.5 Å². The number of fused-ring (bicyclic) bond motifs is 2. The first-order valence-electron chi connectivity index (χ1n) is 11.5. The third-order valence-corrected chi connectivity index (χ3v) is 6.53. The number of allylic oxidation sites excluding steroid dienone is 1. The number of nitrogens with zero attached hydrogens (tertiary/aromatic N) is 3. The number of nitro groups is 1. The molecule has 0 spiro atoms. The monoisotopic (exact) mass is 473 g/mol. The number of hydrogen-bond donors (Lipinski definition) is 2. The average molecular weight is 474 g/mol. The van der Waals surface area contributed by atoms with Gasteiger partial charge in [-0.2, -0.15) is 5.10 Å². The summed E-state index contributed by atoms with van der Waals surface area (Å²) in [5, 5.41) is 22.3. The first-order chi connectivity index (χ1) is 16.7. The first kappa shape index (κ1) is 22.6. The fraction of sp³-hybridized carbons (Fsp3) is 0.308. The number of rotatable bonds is 5. The Labute approximate surface area is 202 Å². The molecule has 35 heavy (non-hydrogen) atoms. The van der Waals surface area contributed by atoms with Crippen LogP contribution >= 0.6 is 0 Å². The van der Waals surface area contributed by atoms with E-state index in [1.165, 1.54) is 17.1 Å². The number of carbonyl (C=O) groups excluding carboxylic acids is 1. The third-order valence-electron chi connectivity index (χ3n) is 6.53. The van der Waals surface area contributed by atoms with Crippen molar-refractivity contribution in [2.75, 3.05) is 17.7 Å². The van der Waals surface area contributed by atoms with E-state index in [9.17, 15) is 14.9 Å². The quantitative estimate of drug-likeness (QED) is 0.399. The van der Waals surface area contributed by atoms with Gasteiger partial charge in [-0.25, -0.2) is 0 Å². The Balaban J connectivity index is 1.58. The highest BCUT2D eigenvalue weighted by Gasteiger charge is 2.41. The largest absolute Gasteiger partial charge is 0.496 e. The molecule has 2 heterocycles. The maximum Gasteiger partial charge on any atom is 0.307 e. The molecule has 180 valence electrons. The summed E-state index contributed by atoms with van der Waals surface area (Å²) in [5.41, 5.74) is 4.16. The molecule has 2 aliphatic rings. The van der Waals surface area contributed by atoms with Crippen LogP contribution in [0.3, 0.4) is 0 Å². The molecule has 2 N–H and O–H groups in total. The molecule has 9 nitrogen and oxygen atoms in total. The van der Waals surface area contributed by atoms with E-state index in [0.29, 0.717) is 18.7 Å². The number of ether oxygens (including phenoxy) is 1. The standard InChI is InChI=1S/C26H27N5O4/c1-26(2)11-21-24(22(32)12-26)25(29-20-7-5-4-6-19(20)28-21)16-8-9-23(35-3)17(10-16)14-30-15-18(13-27-30)31(33)34/h4-11,13,15,24-25,28-29H,12,14H2,1-3H3. The molecule has 0 fully saturated rings. The number of anilines is 2. The van der Waals surface area contributed by atoms with Crippen LogP contribution in [0.2, 0.25) is 0 Å². The lowest BCUT2D eigenvalue weighted by Crippen LogP contribution is -2.36. The van der Waals surface area contributed by atoms with E-state index in [-0.39, 0.29) is 28.8 Å². The van der Waals surface area contributed by atoms with Crippen LogP contribution in [0.5, 0.6) is 5.75 Å². The number of para-hydroxylation sites is 2. The second kappa shape index (κ2) is 8.57. The number of benzene rings is 2. The lowest BCUT2D eigenvalue weighted by Gasteiger charge is -2.35. The van der Waals surface area contributed by atoms with Gasteiger partial charge in [0.2, 0.25) is 0 Å². The van der Waals surface area contributed by atoms with Crippen molar-refractivity contribution in [3.63, 3.8) is 0 Å². The minimum atomic E-state index is -0.471. The zero-order chi connectivity index (χ0) is 24.7. The summed E-state index contributed by atoms with van der Waals surface area (Å²) in [5.74, 6) is 0.429. The smallest absolute Gasteiger partial charge is 0.307 e. The van der Waals surface area contributed by atoms with Crippen molar-refractivity contribution in [2.45, 2.75) is 32.9 Å². The van der Waals surface area contributed by atoms with Crippen LogP contribution in [0.4, 0.5) is 17.1 Å². The summed E-state index contributed by atoms with van der Waals surface area (Å²) in [6, 6.07) is 13.4. The molecule has 1 aromatic heterocycles. The van der Waals surface area contributed by atoms with Crippen LogP contribution in [0.15, 0.2) is 66.6 Å². The van der Waals surface area contributed by atoms with E-state index >= 15 is 0 Å². The van der Waals surface area contributed by atoms with E-state index < -0.39 is 4.92 Å². The van der Waals surface area contributed by atoms with Crippen LogP contribution in [-0.4, -0.2) is 27.6 Å². The topological polar surface area (TPSA) is 111 Å². The molecule has 0 bridgehead atoms. The summed E-state index contributed by atoms with van der Waals surface area (Å²) in [6.45, 7) is 4.44. The summed E-state index contributed by atoms with van der Waals surface area (Å²) < 4.78 is 7.07. The van der Waals surface area contributed by atoms with Gasteiger partial charge in [0.1, 0.15) is 23.9 Å². The Bertz CT molecular complexity index is 1340. The Morgan fingerprint density at radius 3 is 2.71 bits per heavy atom. The number of nitrogens with one attached hydrogen (secondary N) is 2. The Kier molecular flexibility index (Phi) is 5.55. The van der Waals surface area contributed by atoms with Crippen molar-refractivity contribution in [2.24, 2.45) is 11.3 Å². The van der Waals surface area contributed by atoms with Gasteiger partial charge < -0.3 is 15.4 Å². The highest BCUT2D eigenvalue weighted by Crippen LogP contribution is 2.45. The number of aromatic nitrogens is 2. The number of hydrogen-bond acceptors (Lipinski definition) is 7. The van der Waals surface area contributed by atoms with Gasteiger partial charge in [-0.1, -0.05) is 38.1 Å². The predicted molar refractivity (Wildman–Crippen MR) is 132 cm³/mol. The fourth-order valence-corrected chi connectivity index (χ4v) is 5.00. The second-order valence-electron chi connectivity index (χ2n) is 9.73. The molecule has 0 saturated carbocycles. The summed E-state index contributed by atoms with van der Waals surface area (Å²) in [7, 11) is 1.59. The molecule has 0 amide bonds. The third kappa shape index (κ3) is 4.37. The molecule has 5 rings (SSSR count). The predicted octanol–water partition coefficient (Wildman–Crippen LogP) is 4.93. The summed E-state index contributed by atoms with van der Waals surface area (Å²) >= 11 is 0. The molecular formula is C26H27N5O4. The van der Waals surface area contributed by atoms with E-state index in [1.807, 2.05) is 42.5 Å². The van der Waals surface area contributed by atoms with Gasteiger partial charge in [0, 0.05) is 17.7 Å². The van der Waals surface area contributed by atoms with Crippen LogP contribution in [0.1, 0.15) is 37.4 Å². The number of methoxy groups -OCH3 is 1. The molecule has 1 aliphatic heterocycles. The molecule has 2 atom stereocenters. The fourth-order valence-electron chi connectivity index (χ4n) is 5.00. The second-order valence-corrected chi connectivity index (χ2v) is 9.73. The lowest BCUT2D eigenvalue weighted by molar-refractivity contribution is -0.385. The Morgan fingerprint density at radius 2 is 2.00 bits per heavy atom. The van der Waals surface area contributed by atoms with Crippen LogP contribution < -0.4 is 15.4 Å². The van der Waals surface area contributed by atoms with Gasteiger partial charge >= 0.3 is 5.69 Å². The van der Waals surface area contributed by atoms with Gasteiger partial charge in [-0.15, -0.1) is 0 Å². The molecule has 0 radical (unpaired) electrons. The summed E-state index contributed by atoms with van der Waals surface area (Å²) in [6.07, 6.45) is 5.25. The van der Waals surface area contributed by atoms with Crippen molar-refractivity contribution >= 4 is 22.8 Å². The highest BCUT2D eigenvalue weighted by atomic mass is 16.6.